The Bertz CT molecular complexity index is 6120. The molecule has 0 amide bonds. The van der Waals surface area contributed by atoms with Gasteiger partial charge in [0.2, 0.25) is 0 Å². The first kappa shape index (κ1) is 55.0. The van der Waals surface area contributed by atoms with Gasteiger partial charge < -0.3 is 0 Å². The Kier molecular flexibility index (Phi) is 13.2. The molecule has 0 bridgehead atoms. The van der Waals surface area contributed by atoms with Crippen molar-refractivity contribution >= 4 is 86.7 Å². The van der Waals surface area contributed by atoms with Gasteiger partial charge in [0.1, 0.15) is 0 Å². The van der Waals surface area contributed by atoms with Crippen LogP contribution >= 0.6 is 0 Å². The molecule has 1 aliphatic carbocycles. The number of benzene rings is 12. The average molecular weight is 1210 g/mol. The van der Waals surface area contributed by atoms with Crippen LogP contribution in [-0.4, -0.2) is 29.9 Å². The molecule has 0 spiro atoms. The Morgan fingerprint density at radius 2 is 0.789 bits per heavy atom. The van der Waals surface area contributed by atoms with E-state index in [0.29, 0.717) is 5.56 Å². The number of pyridine rings is 6. The van der Waals surface area contributed by atoms with Gasteiger partial charge in [-0.05, 0) is 198 Å². The third-order valence-electron chi connectivity index (χ3n) is 19.0. The van der Waals surface area contributed by atoms with E-state index < -0.39 is 0 Å². The lowest BCUT2D eigenvalue weighted by Crippen LogP contribution is -1.98. The molecule has 6 heterocycles. The third-order valence-corrected chi connectivity index (χ3v) is 19.0. The highest BCUT2D eigenvalue weighted by atomic mass is 14.7. The second kappa shape index (κ2) is 22.8. The Labute approximate surface area is 547 Å². The van der Waals surface area contributed by atoms with E-state index in [1.165, 1.54) is 49.2 Å². The van der Waals surface area contributed by atoms with Crippen LogP contribution in [-0.2, 0) is 0 Å². The lowest BCUT2D eigenvalue weighted by Gasteiger charge is -2.15. The molecule has 95 heavy (non-hydrogen) atoms. The van der Waals surface area contributed by atoms with E-state index in [1.54, 1.807) is 0 Å². The second-order valence-corrected chi connectivity index (χ2v) is 24.4. The molecule has 7 heteroatoms. The molecule has 18 aromatic rings. The fraction of sp³-hybridized carbons (Fsp3) is 0.0114. The van der Waals surface area contributed by atoms with Crippen molar-refractivity contribution in [3.05, 3.63) is 338 Å². The summed E-state index contributed by atoms with van der Waals surface area (Å²) in [7, 11) is 0. The monoisotopic (exact) mass is 1210 g/mol. The van der Waals surface area contributed by atoms with Crippen LogP contribution in [0.3, 0.4) is 0 Å². The minimum Gasteiger partial charge on any atom is -0.265 e. The van der Waals surface area contributed by atoms with Crippen molar-refractivity contribution in [1.29, 1.82) is 5.26 Å². The van der Waals surface area contributed by atoms with E-state index in [0.717, 1.165) is 132 Å². The summed E-state index contributed by atoms with van der Waals surface area (Å²) in [6.45, 7) is 0. The molecular formula is C88H53N7. The summed E-state index contributed by atoms with van der Waals surface area (Å²) in [4.78, 5) is 28.6. The van der Waals surface area contributed by atoms with Crippen molar-refractivity contribution in [1.82, 2.24) is 29.9 Å². The lowest BCUT2D eigenvalue weighted by molar-refractivity contribution is 1.01. The summed E-state index contributed by atoms with van der Waals surface area (Å²) >= 11 is 0. The second-order valence-electron chi connectivity index (χ2n) is 24.4. The molecule has 1 unspecified atom stereocenters. The van der Waals surface area contributed by atoms with Crippen molar-refractivity contribution in [2.75, 3.05) is 0 Å². The van der Waals surface area contributed by atoms with Gasteiger partial charge in [0.15, 0.2) is 0 Å². The van der Waals surface area contributed by atoms with Gasteiger partial charge in [-0.25, -0.2) is 9.97 Å². The van der Waals surface area contributed by atoms with Crippen molar-refractivity contribution < 1.29 is 0 Å². The van der Waals surface area contributed by atoms with Gasteiger partial charge in [-0.2, -0.15) is 5.26 Å². The summed E-state index contributed by atoms with van der Waals surface area (Å²) in [6, 6.07) is 101. The van der Waals surface area contributed by atoms with Crippen LogP contribution in [0.25, 0.3) is 165 Å². The zero-order valence-corrected chi connectivity index (χ0v) is 51.2. The summed E-state index contributed by atoms with van der Waals surface area (Å²) in [6.07, 6.45) is 11.2. The van der Waals surface area contributed by atoms with Gasteiger partial charge in [0.05, 0.1) is 45.1 Å². The van der Waals surface area contributed by atoms with Gasteiger partial charge in [-0.3, -0.25) is 19.9 Å². The van der Waals surface area contributed by atoms with Gasteiger partial charge in [-0.1, -0.05) is 170 Å². The zero-order chi connectivity index (χ0) is 62.9. The van der Waals surface area contributed by atoms with Crippen molar-refractivity contribution in [3.8, 4) is 84.2 Å². The number of hydrogen-bond donors (Lipinski definition) is 0. The maximum absolute atomic E-state index is 9.76. The zero-order valence-electron chi connectivity index (χ0n) is 51.2. The number of nitriles is 1. The van der Waals surface area contributed by atoms with E-state index in [-0.39, 0.29) is 5.92 Å². The molecule has 0 saturated carbocycles. The number of fused-ring (bicyclic) bond motifs is 17. The molecule has 19 rings (SSSR count). The predicted octanol–water partition coefficient (Wildman–Crippen LogP) is 22.0. The van der Waals surface area contributed by atoms with Crippen LogP contribution in [0, 0.1) is 11.3 Å². The molecule has 7 nitrogen and oxygen atoms in total. The van der Waals surface area contributed by atoms with Crippen LogP contribution in [0.4, 0.5) is 0 Å². The van der Waals surface area contributed by atoms with E-state index in [1.807, 2.05) is 55.4 Å². The van der Waals surface area contributed by atoms with Gasteiger partial charge >= 0.3 is 0 Å². The smallest absolute Gasteiger partial charge is 0.0991 e. The van der Waals surface area contributed by atoms with Crippen LogP contribution in [0.5, 0.6) is 0 Å². The normalized spacial score (nSPS) is 12.5. The van der Waals surface area contributed by atoms with Crippen molar-refractivity contribution in [2.24, 2.45) is 0 Å². The fourth-order valence-electron chi connectivity index (χ4n) is 14.7. The number of para-hydroxylation sites is 2. The highest BCUT2D eigenvalue weighted by Gasteiger charge is 2.31. The fourth-order valence-corrected chi connectivity index (χ4v) is 14.7. The molecule has 0 aliphatic heterocycles. The highest BCUT2D eigenvalue weighted by Crippen LogP contribution is 2.50. The number of nitrogens with zero attached hydrogens (tertiary/aromatic N) is 7. The van der Waals surface area contributed by atoms with Gasteiger partial charge in [-0.15, -0.1) is 0 Å². The molecule has 1 atom stereocenters. The summed E-state index contributed by atoms with van der Waals surface area (Å²) in [5.41, 5.74) is 23.8. The maximum Gasteiger partial charge on any atom is 0.0991 e. The minimum absolute atomic E-state index is 0.132. The number of aromatic nitrogens is 6. The van der Waals surface area contributed by atoms with E-state index in [4.69, 9.17) is 15.0 Å². The molecule has 0 fully saturated rings. The molecule has 12 aromatic carbocycles. The first-order valence-electron chi connectivity index (χ1n) is 31.9. The number of rotatable bonds is 7. The van der Waals surface area contributed by atoms with Gasteiger partial charge in [0, 0.05) is 103 Å². The van der Waals surface area contributed by atoms with Crippen LogP contribution in [0.15, 0.2) is 316 Å². The summed E-state index contributed by atoms with van der Waals surface area (Å²) in [5, 5.41) is 23.7. The van der Waals surface area contributed by atoms with E-state index in [9.17, 15) is 5.26 Å². The largest absolute Gasteiger partial charge is 0.265 e. The average Bonchev–Trinajstić information content (AvgIpc) is 1.17. The molecule has 0 radical (unpaired) electrons. The summed E-state index contributed by atoms with van der Waals surface area (Å²) in [5.74, 6) is 0.132. The Morgan fingerprint density at radius 3 is 1.46 bits per heavy atom. The third kappa shape index (κ3) is 9.50. The molecule has 6 aromatic heterocycles. The lowest BCUT2D eigenvalue weighted by atomic mass is 9.88. The Morgan fingerprint density at radius 1 is 0.284 bits per heavy atom. The Balaban J connectivity index is 0.000000139. The molecule has 1 aliphatic rings. The Hall–Kier alpha value is -12.9. The number of hydrogen-bond acceptors (Lipinski definition) is 7. The quantitative estimate of drug-likeness (QED) is 0.147. The van der Waals surface area contributed by atoms with Crippen molar-refractivity contribution in [3.63, 3.8) is 0 Å². The van der Waals surface area contributed by atoms with E-state index in [2.05, 4.69) is 282 Å². The van der Waals surface area contributed by atoms with Crippen LogP contribution in [0.2, 0.25) is 0 Å². The standard InChI is InChI=1S/C46H27N3.C42H26N4/c47-26-28-17-19-35-39(23-28)40-25-31(18-20-36(40)43(35)29-9-2-1-3-10-29)30-12-8-13-32(24-30)46-38-21-22-42-45(34-14-5-4-11-33(34)27-48-42)44(38)37-15-6-7-16-41(37)49-46;1-2-9-39-36(7-1)41-37(12-10-29-11-13-38-35(40(29)41)8-4-18-45-38)42(46-39)31-6-3-5-30(23-31)34-25-32(27-14-19-43-20-15-27)24-33(26-34)28-16-21-44-22-17-28/h1-25,27,43H;1-26H. The molecule has 440 valence electrons. The maximum atomic E-state index is 9.76. The highest BCUT2D eigenvalue weighted by molar-refractivity contribution is 6.30. The van der Waals surface area contributed by atoms with E-state index >= 15 is 0 Å². The molecule has 0 saturated heterocycles. The molecular weight excluding hydrogens is 1160 g/mol. The SMILES string of the molecule is N#Cc1ccc2c(c1)-c1cc(-c3cccc(-c4nc5ccccc5c5c4ccc4ncc6ccccc6c45)c3)ccc1C2c1ccccc1.c1cc(-c2cc(-c3ccncc3)cc(-c3ccncc3)c2)cc(-c2nc3ccccc3c3c2ccc2ccc4ncccc4c23)c1. The van der Waals surface area contributed by atoms with Crippen molar-refractivity contribution in [2.45, 2.75) is 5.92 Å². The molecule has 0 N–H and O–H groups in total. The summed E-state index contributed by atoms with van der Waals surface area (Å²) < 4.78 is 0. The van der Waals surface area contributed by atoms with Gasteiger partial charge in [0.25, 0.3) is 0 Å². The minimum atomic E-state index is 0.132. The first-order valence-corrected chi connectivity index (χ1v) is 31.9. The topological polar surface area (TPSA) is 101 Å². The predicted molar refractivity (Wildman–Crippen MR) is 390 cm³/mol. The first-order chi connectivity index (χ1) is 47.0. The van der Waals surface area contributed by atoms with Crippen LogP contribution in [0.1, 0.15) is 28.2 Å². The van der Waals surface area contributed by atoms with Crippen LogP contribution < -0.4 is 0 Å².